The Morgan fingerprint density at radius 1 is 1.26 bits per heavy atom. The Balaban J connectivity index is 2.14. The monoisotopic (exact) mass is 256 g/mol. The van der Waals surface area contributed by atoms with Crippen molar-refractivity contribution in [2.75, 3.05) is 5.73 Å². The molecule has 2 N–H and O–H groups in total. The van der Waals surface area contributed by atoms with Gasteiger partial charge in [-0.2, -0.15) is 0 Å². The van der Waals surface area contributed by atoms with Crippen molar-refractivity contribution < 1.29 is 0 Å². The number of anilines is 1. The van der Waals surface area contributed by atoms with E-state index in [0.29, 0.717) is 5.92 Å². The zero-order valence-electron chi connectivity index (χ0n) is 11.8. The average Bonchev–Trinajstić information content (AvgIpc) is 2.76. The molecule has 1 atom stereocenters. The highest BCUT2D eigenvalue weighted by Gasteiger charge is 2.22. The van der Waals surface area contributed by atoms with E-state index < -0.39 is 0 Å². The fourth-order valence-electron chi connectivity index (χ4n) is 2.80. The highest BCUT2D eigenvalue weighted by molar-refractivity contribution is 5.67. The van der Waals surface area contributed by atoms with Crippen LogP contribution in [0.3, 0.4) is 0 Å². The van der Waals surface area contributed by atoms with Gasteiger partial charge in [0.05, 0.1) is 0 Å². The maximum absolute atomic E-state index is 5.98. The van der Waals surface area contributed by atoms with Crippen molar-refractivity contribution >= 4 is 5.69 Å². The molecular weight excluding hydrogens is 236 g/mol. The molecule has 0 aliphatic carbocycles. The van der Waals surface area contributed by atoms with Crippen LogP contribution in [0.4, 0.5) is 5.69 Å². The number of nitrogens with zero attached hydrogens (tertiary/aromatic N) is 3. The predicted octanol–water partition coefficient (Wildman–Crippen LogP) is 2.73. The summed E-state index contributed by atoms with van der Waals surface area (Å²) in [7, 11) is 0. The van der Waals surface area contributed by atoms with E-state index >= 15 is 0 Å². The number of nitrogen functional groups attached to an aromatic ring is 1. The lowest BCUT2D eigenvalue weighted by Gasteiger charge is -2.21. The quantitative estimate of drug-likeness (QED) is 0.798. The zero-order valence-corrected chi connectivity index (χ0v) is 11.8. The summed E-state index contributed by atoms with van der Waals surface area (Å²) in [5.74, 6) is 2.77. The van der Waals surface area contributed by atoms with E-state index in [0.717, 1.165) is 35.9 Å². The number of aryl methyl sites for hydroxylation is 1. The summed E-state index contributed by atoms with van der Waals surface area (Å²) >= 11 is 0. The van der Waals surface area contributed by atoms with Crippen molar-refractivity contribution in [3.05, 3.63) is 29.1 Å². The topological polar surface area (TPSA) is 56.7 Å². The number of aromatic nitrogens is 3. The summed E-state index contributed by atoms with van der Waals surface area (Å²) in [4.78, 5) is 0. The molecule has 2 aromatic rings. The third kappa shape index (κ3) is 2.01. The molecule has 0 spiro atoms. The highest BCUT2D eigenvalue weighted by Crippen LogP contribution is 2.30. The Bertz CT molecular complexity index is 627. The lowest BCUT2D eigenvalue weighted by Crippen LogP contribution is -2.18. The summed E-state index contributed by atoms with van der Waals surface area (Å²) in [5.41, 5.74) is 10.3. The van der Waals surface area contributed by atoms with Gasteiger partial charge in [0.1, 0.15) is 5.82 Å². The van der Waals surface area contributed by atoms with Gasteiger partial charge in [-0.25, -0.2) is 0 Å². The minimum absolute atomic E-state index is 0.702. The van der Waals surface area contributed by atoms with Crippen LogP contribution in [0.1, 0.15) is 30.3 Å². The normalized spacial score (nSPS) is 18.4. The van der Waals surface area contributed by atoms with Crippen LogP contribution < -0.4 is 5.73 Å². The molecule has 1 aliphatic heterocycles. The lowest BCUT2D eigenvalue weighted by atomic mass is 9.98. The van der Waals surface area contributed by atoms with Crippen LogP contribution in [-0.2, 0) is 13.0 Å². The molecule has 100 valence electrons. The zero-order chi connectivity index (χ0) is 13.6. The summed E-state index contributed by atoms with van der Waals surface area (Å²) in [6.45, 7) is 7.49. The Labute approximate surface area is 113 Å². The number of nitrogens with two attached hydrogens (primary N) is 1. The first-order valence-corrected chi connectivity index (χ1v) is 6.85. The van der Waals surface area contributed by atoms with Crippen LogP contribution in [0.15, 0.2) is 12.1 Å². The second kappa shape index (κ2) is 4.37. The molecule has 1 aliphatic rings. The van der Waals surface area contributed by atoms with Crippen molar-refractivity contribution in [3.63, 3.8) is 0 Å². The molecule has 0 fully saturated rings. The molecule has 3 rings (SSSR count). The fourth-order valence-corrected chi connectivity index (χ4v) is 2.80. The van der Waals surface area contributed by atoms with Gasteiger partial charge in [-0.1, -0.05) is 6.92 Å². The van der Waals surface area contributed by atoms with Crippen LogP contribution in [0.25, 0.3) is 11.4 Å². The van der Waals surface area contributed by atoms with Crippen molar-refractivity contribution in [1.82, 2.24) is 14.8 Å². The molecule has 0 amide bonds. The molecule has 1 aromatic carbocycles. The van der Waals surface area contributed by atoms with Gasteiger partial charge in [0, 0.05) is 24.2 Å². The van der Waals surface area contributed by atoms with Gasteiger partial charge in [-0.15, -0.1) is 10.2 Å². The van der Waals surface area contributed by atoms with Gasteiger partial charge in [0.25, 0.3) is 0 Å². The first-order chi connectivity index (χ1) is 9.06. The molecule has 1 unspecified atom stereocenters. The van der Waals surface area contributed by atoms with Gasteiger partial charge < -0.3 is 10.3 Å². The van der Waals surface area contributed by atoms with Gasteiger partial charge in [0.15, 0.2) is 5.82 Å². The van der Waals surface area contributed by atoms with Crippen molar-refractivity contribution in [2.45, 2.75) is 40.2 Å². The number of benzene rings is 1. The number of rotatable bonds is 1. The third-order valence-corrected chi connectivity index (χ3v) is 4.13. The van der Waals surface area contributed by atoms with Gasteiger partial charge in [-0.3, -0.25) is 0 Å². The van der Waals surface area contributed by atoms with E-state index in [-0.39, 0.29) is 0 Å². The summed E-state index contributed by atoms with van der Waals surface area (Å²) in [5, 5.41) is 8.76. The number of hydrogen-bond donors (Lipinski definition) is 1. The molecule has 19 heavy (non-hydrogen) atoms. The Morgan fingerprint density at radius 2 is 2.05 bits per heavy atom. The SMILES string of the molecule is Cc1cc(N)cc(-c2nnc3n2CCC(C)C3)c1C. The predicted molar refractivity (Wildman–Crippen MR) is 76.8 cm³/mol. The lowest BCUT2D eigenvalue weighted by molar-refractivity contribution is 0.411. The molecule has 0 radical (unpaired) electrons. The standard InChI is InChI=1S/C15H20N4/c1-9-4-5-19-14(6-9)17-18-15(19)13-8-12(16)7-10(2)11(13)3/h7-9H,4-6,16H2,1-3H3. The molecule has 1 aromatic heterocycles. The minimum atomic E-state index is 0.702. The molecule has 0 saturated carbocycles. The van der Waals surface area contributed by atoms with Crippen LogP contribution in [0.2, 0.25) is 0 Å². The molecule has 4 heteroatoms. The third-order valence-electron chi connectivity index (χ3n) is 4.13. The maximum atomic E-state index is 5.98. The van der Waals surface area contributed by atoms with Gasteiger partial charge in [0.2, 0.25) is 0 Å². The Morgan fingerprint density at radius 3 is 2.84 bits per heavy atom. The number of hydrogen-bond acceptors (Lipinski definition) is 3. The second-order valence-corrected chi connectivity index (χ2v) is 5.70. The van der Waals surface area contributed by atoms with Crippen molar-refractivity contribution in [1.29, 1.82) is 0 Å². The Kier molecular flexibility index (Phi) is 2.81. The van der Waals surface area contributed by atoms with Gasteiger partial charge >= 0.3 is 0 Å². The van der Waals surface area contributed by atoms with Crippen LogP contribution in [0.5, 0.6) is 0 Å². The van der Waals surface area contributed by atoms with E-state index in [9.17, 15) is 0 Å². The van der Waals surface area contributed by atoms with Crippen LogP contribution >= 0.6 is 0 Å². The van der Waals surface area contributed by atoms with Crippen molar-refractivity contribution in [3.8, 4) is 11.4 Å². The molecule has 4 nitrogen and oxygen atoms in total. The van der Waals surface area contributed by atoms with E-state index in [2.05, 4.69) is 35.5 Å². The molecular formula is C15H20N4. The molecule has 2 heterocycles. The fraction of sp³-hybridized carbons (Fsp3) is 0.467. The molecule has 0 bridgehead atoms. The van der Waals surface area contributed by atoms with Crippen molar-refractivity contribution in [2.24, 2.45) is 5.92 Å². The first kappa shape index (κ1) is 12.2. The van der Waals surface area contributed by atoms with Crippen LogP contribution in [-0.4, -0.2) is 14.8 Å². The van der Waals surface area contributed by atoms with Gasteiger partial charge in [-0.05, 0) is 49.4 Å². The maximum Gasteiger partial charge on any atom is 0.164 e. The smallest absolute Gasteiger partial charge is 0.164 e. The second-order valence-electron chi connectivity index (χ2n) is 5.70. The minimum Gasteiger partial charge on any atom is -0.399 e. The summed E-state index contributed by atoms with van der Waals surface area (Å²) in [6, 6.07) is 4.02. The average molecular weight is 256 g/mol. The molecule has 0 saturated heterocycles. The highest BCUT2D eigenvalue weighted by atomic mass is 15.3. The van der Waals surface area contributed by atoms with E-state index in [1.807, 2.05) is 12.1 Å². The first-order valence-electron chi connectivity index (χ1n) is 6.85. The van der Waals surface area contributed by atoms with E-state index in [1.165, 1.54) is 17.5 Å². The van der Waals surface area contributed by atoms with E-state index in [4.69, 9.17) is 5.73 Å². The Hall–Kier alpha value is -1.84. The van der Waals surface area contributed by atoms with Crippen LogP contribution in [0, 0.1) is 19.8 Å². The van der Waals surface area contributed by atoms with E-state index in [1.54, 1.807) is 0 Å². The summed E-state index contributed by atoms with van der Waals surface area (Å²) in [6.07, 6.45) is 2.21. The number of fused-ring (bicyclic) bond motifs is 1. The summed E-state index contributed by atoms with van der Waals surface area (Å²) < 4.78 is 2.25. The largest absolute Gasteiger partial charge is 0.399 e.